The Bertz CT molecular complexity index is 816. The van der Waals surface area contributed by atoms with Crippen LogP contribution in [0.15, 0.2) is 42.6 Å². The van der Waals surface area contributed by atoms with Crippen molar-refractivity contribution in [1.29, 1.82) is 0 Å². The van der Waals surface area contributed by atoms with Gasteiger partial charge in [-0.2, -0.15) is 4.98 Å². The molecule has 1 aliphatic rings. The summed E-state index contributed by atoms with van der Waals surface area (Å²) in [7, 11) is 0. The van der Waals surface area contributed by atoms with Crippen molar-refractivity contribution in [2.75, 3.05) is 18.0 Å². The van der Waals surface area contributed by atoms with Crippen LogP contribution in [0.1, 0.15) is 37.3 Å². The number of hydrogen-bond donors (Lipinski definition) is 0. The first-order valence-electron chi connectivity index (χ1n) is 8.99. The van der Waals surface area contributed by atoms with Crippen molar-refractivity contribution in [2.24, 2.45) is 0 Å². The Kier molecular flexibility index (Phi) is 4.20. The summed E-state index contributed by atoms with van der Waals surface area (Å²) in [4.78, 5) is 11.9. The lowest BCUT2D eigenvalue weighted by Gasteiger charge is -2.28. The molecule has 0 atom stereocenters. The molecule has 4 heteroatoms. The third-order valence-corrected chi connectivity index (χ3v) is 4.87. The highest BCUT2D eigenvalue weighted by atomic mass is 15.3. The third-order valence-electron chi connectivity index (χ3n) is 4.87. The van der Waals surface area contributed by atoms with Crippen LogP contribution in [0.2, 0.25) is 0 Å². The fourth-order valence-electron chi connectivity index (χ4n) is 3.49. The number of pyridine rings is 1. The number of fused-ring (bicyclic) bond motifs is 1. The first kappa shape index (κ1) is 15.2. The third kappa shape index (κ3) is 2.88. The van der Waals surface area contributed by atoms with E-state index in [4.69, 9.17) is 4.98 Å². The minimum absolute atomic E-state index is 0.845. The molecule has 0 N–H and O–H groups in total. The Labute approximate surface area is 143 Å². The molecule has 1 aromatic carbocycles. The number of aromatic nitrogens is 3. The lowest BCUT2D eigenvalue weighted by molar-refractivity contribution is 0.560. The van der Waals surface area contributed by atoms with Crippen molar-refractivity contribution in [1.82, 2.24) is 14.5 Å². The molecule has 0 aliphatic carbocycles. The summed E-state index contributed by atoms with van der Waals surface area (Å²) in [5, 5.41) is 0. The molecule has 24 heavy (non-hydrogen) atoms. The van der Waals surface area contributed by atoms with Crippen LogP contribution < -0.4 is 4.90 Å². The molecule has 0 amide bonds. The molecule has 3 heterocycles. The SMILES string of the molecule is CCc1cnc2nc(N3CCCCC3)n(Cc3ccccc3)c2c1. The Balaban J connectivity index is 1.82. The summed E-state index contributed by atoms with van der Waals surface area (Å²) in [5.74, 6) is 1.08. The lowest BCUT2D eigenvalue weighted by Crippen LogP contribution is -2.32. The summed E-state index contributed by atoms with van der Waals surface area (Å²) < 4.78 is 2.35. The quantitative estimate of drug-likeness (QED) is 0.728. The maximum Gasteiger partial charge on any atom is 0.208 e. The fraction of sp³-hybridized carbons (Fsp3) is 0.400. The van der Waals surface area contributed by atoms with Gasteiger partial charge in [-0.1, -0.05) is 37.3 Å². The van der Waals surface area contributed by atoms with E-state index >= 15 is 0 Å². The molecule has 0 radical (unpaired) electrons. The second-order valence-corrected chi connectivity index (χ2v) is 6.57. The van der Waals surface area contributed by atoms with E-state index < -0.39 is 0 Å². The average Bonchev–Trinajstić information content (AvgIpc) is 3.01. The van der Waals surface area contributed by atoms with E-state index in [1.807, 2.05) is 6.20 Å². The largest absolute Gasteiger partial charge is 0.342 e. The summed E-state index contributed by atoms with van der Waals surface area (Å²) in [6.45, 7) is 5.21. The normalized spacial score (nSPS) is 15.1. The molecule has 1 aliphatic heterocycles. The monoisotopic (exact) mass is 320 g/mol. The zero-order valence-corrected chi connectivity index (χ0v) is 14.3. The number of anilines is 1. The highest BCUT2D eigenvalue weighted by molar-refractivity contribution is 5.76. The smallest absolute Gasteiger partial charge is 0.208 e. The highest BCUT2D eigenvalue weighted by Gasteiger charge is 2.20. The second kappa shape index (κ2) is 6.63. The minimum Gasteiger partial charge on any atom is -0.342 e. The van der Waals surface area contributed by atoms with Gasteiger partial charge in [0.2, 0.25) is 5.95 Å². The summed E-state index contributed by atoms with van der Waals surface area (Å²) >= 11 is 0. The average molecular weight is 320 g/mol. The van der Waals surface area contributed by atoms with Crippen LogP contribution in [0.3, 0.4) is 0 Å². The topological polar surface area (TPSA) is 34.0 Å². The molecule has 4 nitrogen and oxygen atoms in total. The van der Waals surface area contributed by atoms with E-state index in [9.17, 15) is 0 Å². The highest BCUT2D eigenvalue weighted by Crippen LogP contribution is 2.26. The molecular weight excluding hydrogens is 296 g/mol. The minimum atomic E-state index is 0.845. The molecule has 3 aromatic rings. The Hall–Kier alpha value is -2.36. The van der Waals surface area contributed by atoms with Crippen molar-refractivity contribution in [3.63, 3.8) is 0 Å². The Morgan fingerprint density at radius 3 is 2.54 bits per heavy atom. The maximum atomic E-state index is 4.89. The van der Waals surface area contributed by atoms with Crippen molar-refractivity contribution < 1.29 is 0 Å². The van der Waals surface area contributed by atoms with Crippen LogP contribution in [-0.2, 0) is 13.0 Å². The van der Waals surface area contributed by atoms with E-state index in [1.165, 1.54) is 30.4 Å². The van der Waals surface area contributed by atoms with Crippen LogP contribution in [0.4, 0.5) is 5.95 Å². The number of hydrogen-bond acceptors (Lipinski definition) is 3. The van der Waals surface area contributed by atoms with E-state index in [-0.39, 0.29) is 0 Å². The molecule has 0 unspecified atom stereocenters. The summed E-state index contributed by atoms with van der Waals surface area (Å²) in [6.07, 6.45) is 6.79. The fourth-order valence-corrected chi connectivity index (χ4v) is 3.49. The van der Waals surface area contributed by atoms with Gasteiger partial charge in [-0.25, -0.2) is 4.98 Å². The maximum absolute atomic E-state index is 4.89. The van der Waals surface area contributed by atoms with Gasteiger partial charge in [-0.3, -0.25) is 0 Å². The zero-order valence-electron chi connectivity index (χ0n) is 14.3. The van der Waals surface area contributed by atoms with E-state index in [1.54, 1.807) is 0 Å². The van der Waals surface area contributed by atoms with Gasteiger partial charge >= 0.3 is 0 Å². The predicted molar refractivity (Wildman–Crippen MR) is 98.5 cm³/mol. The number of benzene rings is 1. The van der Waals surface area contributed by atoms with Gasteiger partial charge in [-0.15, -0.1) is 0 Å². The van der Waals surface area contributed by atoms with Gasteiger partial charge in [-0.05, 0) is 42.9 Å². The molecule has 1 fully saturated rings. The lowest BCUT2D eigenvalue weighted by atomic mass is 10.1. The number of piperidine rings is 1. The van der Waals surface area contributed by atoms with Gasteiger partial charge in [0.1, 0.15) is 0 Å². The standard InChI is InChI=1S/C20H24N4/c1-2-16-13-18-19(21-14-16)22-20(23-11-7-4-8-12-23)24(18)15-17-9-5-3-6-10-17/h3,5-6,9-10,13-14H,2,4,7-8,11-12,15H2,1H3. The van der Waals surface area contributed by atoms with Crippen molar-refractivity contribution in [2.45, 2.75) is 39.2 Å². The summed E-state index contributed by atoms with van der Waals surface area (Å²) in [6, 6.07) is 12.9. The Morgan fingerprint density at radius 2 is 1.79 bits per heavy atom. The Morgan fingerprint density at radius 1 is 1.00 bits per heavy atom. The van der Waals surface area contributed by atoms with Gasteiger partial charge in [0.25, 0.3) is 0 Å². The van der Waals surface area contributed by atoms with Gasteiger partial charge in [0.15, 0.2) is 5.65 Å². The molecule has 4 rings (SSSR count). The van der Waals surface area contributed by atoms with Crippen molar-refractivity contribution in [3.05, 3.63) is 53.7 Å². The van der Waals surface area contributed by atoms with Crippen LogP contribution >= 0.6 is 0 Å². The number of nitrogens with zero attached hydrogens (tertiary/aromatic N) is 4. The molecule has 0 spiro atoms. The molecule has 0 bridgehead atoms. The number of rotatable bonds is 4. The second-order valence-electron chi connectivity index (χ2n) is 6.57. The molecule has 2 aromatic heterocycles. The first-order chi connectivity index (χ1) is 11.8. The number of imidazole rings is 1. The van der Waals surface area contributed by atoms with Crippen LogP contribution in [-0.4, -0.2) is 27.6 Å². The van der Waals surface area contributed by atoms with Crippen molar-refractivity contribution >= 4 is 17.1 Å². The van der Waals surface area contributed by atoms with Gasteiger partial charge in [0, 0.05) is 19.3 Å². The first-order valence-corrected chi connectivity index (χ1v) is 8.99. The van der Waals surface area contributed by atoms with Crippen molar-refractivity contribution in [3.8, 4) is 0 Å². The molecule has 0 saturated carbocycles. The van der Waals surface area contributed by atoms with Crippen LogP contribution in [0, 0.1) is 0 Å². The predicted octanol–water partition coefficient (Wildman–Crippen LogP) is 4.03. The zero-order chi connectivity index (χ0) is 16.4. The number of aryl methyl sites for hydroxylation is 1. The summed E-state index contributed by atoms with van der Waals surface area (Å²) in [5.41, 5.74) is 4.58. The molecule has 124 valence electrons. The van der Waals surface area contributed by atoms with E-state index in [0.717, 1.165) is 43.2 Å². The van der Waals surface area contributed by atoms with E-state index in [2.05, 4.69) is 57.8 Å². The van der Waals surface area contributed by atoms with Crippen LogP contribution in [0.5, 0.6) is 0 Å². The molecule has 1 saturated heterocycles. The molecular formula is C20H24N4. The van der Waals surface area contributed by atoms with Gasteiger partial charge < -0.3 is 9.47 Å². The van der Waals surface area contributed by atoms with E-state index in [0.29, 0.717) is 0 Å². The van der Waals surface area contributed by atoms with Gasteiger partial charge in [0.05, 0.1) is 12.1 Å². The van der Waals surface area contributed by atoms with Crippen LogP contribution in [0.25, 0.3) is 11.2 Å².